The first-order valence-corrected chi connectivity index (χ1v) is 15.7. The number of hydrogen-bond acceptors (Lipinski definition) is 4. The van der Waals surface area contributed by atoms with Gasteiger partial charge in [-0.25, -0.2) is 8.42 Å². The van der Waals surface area contributed by atoms with E-state index in [0.29, 0.717) is 17.1 Å². The summed E-state index contributed by atoms with van der Waals surface area (Å²) in [6, 6.07) is 18.1. The average molecular weight is 598 g/mol. The first-order valence-electron chi connectivity index (χ1n) is 13.9. The summed E-state index contributed by atoms with van der Waals surface area (Å²) >= 11 is 6.09. The molecule has 0 spiro atoms. The Balaban J connectivity index is 2.10. The van der Waals surface area contributed by atoms with Crippen LogP contribution in [0.3, 0.4) is 0 Å². The molecule has 0 radical (unpaired) electrons. The Morgan fingerprint density at radius 1 is 0.902 bits per heavy atom. The second kappa shape index (κ2) is 14.0. The first kappa shape index (κ1) is 32.2. The molecule has 0 saturated carbocycles. The van der Waals surface area contributed by atoms with Gasteiger partial charge in [0.05, 0.1) is 10.6 Å². The number of benzene rings is 3. The molecule has 0 aliphatic rings. The van der Waals surface area contributed by atoms with E-state index >= 15 is 0 Å². The van der Waals surface area contributed by atoms with E-state index in [2.05, 4.69) is 5.32 Å². The van der Waals surface area contributed by atoms with Crippen LogP contribution in [0.5, 0.6) is 0 Å². The van der Waals surface area contributed by atoms with E-state index in [9.17, 15) is 18.0 Å². The van der Waals surface area contributed by atoms with Crippen LogP contribution in [0, 0.1) is 20.8 Å². The lowest BCUT2D eigenvalue weighted by molar-refractivity contribution is -0.140. The van der Waals surface area contributed by atoms with Crippen LogP contribution >= 0.6 is 11.6 Å². The highest BCUT2D eigenvalue weighted by molar-refractivity contribution is 7.92. The van der Waals surface area contributed by atoms with Crippen molar-refractivity contribution in [3.8, 4) is 0 Å². The Kier molecular flexibility index (Phi) is 11.0. The van der Waals surface area contributed by atoms with Crippen molar-refractivity contribution in [2.24, 2.45) is 0 Å². The summed E-state index contributed by atoms with van der Waals surface area (Å²) in [7, 11) is -4.12. The molecule has 0 unspecified atom stereocenters. The molecular formula is C32H40ClN3O4S. The second-order valence-electron chi connectivity index (χ2n) is 10.4. The molecule has 2 amide bonds. The maximum Gasteiger partial charge on any atom is 0.264 e. The number of amides is 2. The van der Waals surface area contributed by atoms with Crippen LogP contribution in [0.4, 0.5) is 5.69 Å². The maximum atomic E-state index is 14.2. The monoisotopic (exact) mass is 597 g/mol. The highest BCUT2D eigenvalue weighted by Gasteiger charge is 2.34. The van der Waals surface area contributed by atoms with Gasteiger partial charge in [-0.3, -0.25) is 13.9 Å². The second-order valence-corrected chi connectivity index (χ2v) is 12.7. The molecule has 0 fully saturated rings. The van der Waals surface area contributed by atoms with Crippen LogP contribution in [0.1, 0.15) is 55.9 Å². The van der Waals surface area contributed by atoms with Gasteiger partial charge in [0.15, 0.2) is 0 Å². The lowest BCUT2D eigenvalue weighted by Gasteiger charge is -2.34. The summed E-state index contributed by atoms with van der Waals surface area (Å²) in [5.41, 5.74) is 3.77. The van der Waals surface area contributed by atoms with E-state index in [-0.39, 0.29) is 23.4 Å². The lowest BCUT2D eigenvalue weighted by Crippen LogP contribution is -2.53. The van der Waals surface area contributed by atoms with Gasteiger partial charge in [0.2, 0.25) is 11.8 Å². The zero-order valence-electron chi connectivity index (χ0n) is 24.6. The van der Waals surface area contributed by atoms with E-state index in [1.807, 2.05) is 47.6 Å². The predicted molar refractivity (Wildman–Crippen MR) is 166 cm³/mol. The summed E-state index contributed by atoms with van der Waals surface area (Å²) in [6.07, 6.45) is 1.10. The van der Waals surface area contributed by atoms with Gasteiger partial charge in [-0.05, 0) is 87.6 Å². The number of carbonyl (C=O) groups excluding carboxylic acids is 2. The van der Waals surface area contributed by atoms with Gasteiger partial charge in [0.1, 0.15) is 12.6 Å². The van der Waals surface area contributed by atoms with E-state index in [0.717, 1.165) is 33.0 Å². The zero-order valence-corrected chi connectivity index (χ0v) is 26.2. The largest absolute Gasteiger partial charge is 0.352 e. The third-order valence-corrected chi connectivity index (χ3v) is 9.41. The smallest absolute Gasteiger partial charge is 0.264 e. The molecule has 7 nitrogen and oxygen atoms in total. The number of anilines is 1. The topological polar surface area (TPSA) is 86.8 Å². The van der Waals surface area contributed by atoms with Crippen molar-refractivity contribution in [1.29, 1.82) is 0 Å². The number of sulfonamides is 1. The highest BCUT2D eigenvalue weighted by Crippen LogP contribution is 2.29. The van der Waals surface area contributed by atoms with Crippen LogP contribution in [-0.4, -0.2) is 43.8 Å². The molecule has 1 N–H and O–H groups in total. The van der Waals surface area contributed by atoms with Gasteiger partial charge in [0.25, 0.3) is 10.0 Å². The van der Waals surface area contributed by atoms with Crippen LogP contribution in [0.25, 0.3) is 0 Å². The fourth-order valence-electron chi connectivity index (χ4n) is 4.50. The fourth-order valence-corrected chi connectivity index (χ4v) is 6.10. The zero-order chi connectivity index (χ0) is 30.3. The fraction of sp³-hybridized carbons (Fsp3) is 0.375. The number of carbonyl (C=O) groups is 2. The van der Waals surface area contributed by atoms with E-state index < -0.39 is 28.5 Å². The molecule has 3 aromatic carbocycles. The number of rotatable bonds is 12. The Morgan fingerprint density at radius 2 is 1.54 bits per heavy atom. The van der Waals surface area contributed by atoms with E-state index in [1.165, 1.54) is 4.90 Å². The highest BCUT2D eigenvalue weighted by atomic mass is 35.5. The molecule has 0 aliphatic heterocycles. The normalized spacial score (nSPS) is 12.9. The van der Waals surface area contributed by atoms with E-state index in [1.54, 1.807) is 60.7 Å². The van der Waals surface area contributed by atoms with Crippen molar-refractivity contribution in [3.63, 3.8) is 0 Å². The van der Waals surface area contributed by atoms with Crippen molar-refractivity contribution in [3.05, 3.63) is 94.0 Å². The minimum absolute atomic E-state index is 0.0719. The maximum absolute atomic E-state index is 14.2. The van der Waals surface area contributed by atoms with Crippen LogP contribution in [-0.2, 0) is 26.2 Å². The SMILES string of the molecule is CC[C@H](C(=O)N[C@@H](C)CC)N(Cc1ccc(Cl)cc1)C(=O)CN(c1cccc(C)c1C)S(=O)(=O)c1ccc(C)cc1. The van der Waals surface area contributed by atoms with Crippen molar-refractivity contribution in [1.82, 2.24) is 10.2 Å². The number of aryl methyl sites for hydroxylation is 2. The molecule has 0 heterocycles. The molecular weight excluding hydrogens is 558 g/mol. The summed E-state index contributed by atoms with van der Waals surface area (Å²) in [5.74, 6) is -0.758. The summed E-state index contributed by atoms with van der Waals surface area (Å²) in [6.45, 7) is 11.0. The Labute approximate surface area is 249 Å². The quantitative estimate of drug-likeness (QED) is 0.270. The summed E-state index contributed by atoms with van der Waals surface area (Å²) in [4.78, 5) is 29.1. The lowest BCUT2D eigenvalue weighted by atomic mass is 10.1. The molecule has 3 aromatic rings. The van der Waals surface area contributed by atoms with Crippen LogP contribution in [0.2, 0.25) is 5.02 Å². The predicted octanol–water partition coefficient (Wildman–Crippen LogP) is 6.18. The molecule has 0 saturated heterocycles. The van der Waals surface area contributed by atoms with Crippen LogP contribution in [0.15, 0.2) is 71.6 Å². The van der Waals surface area contributed by atoms with E-state index in [4.69, 9.17) is 11.6 Å². The standard InChI is InChI=1S/C32H40ClN3O4S/c1-7-24(5)34-32(38)29(8-2)35(20-26-14-16-27(33)17-15-26)31(37)21-36(30-11-9-10-23(4)25(30)6)41(39,40)28-18-12-22(3)13-19-28/h9-19,24,29H,7-8,20-21H2,1-6H3,(H,34,38)/t24-,29+/m0/s1. The van der Waals surface area contributed by atoms with Gasteiger partial charge >= 0.3 is 0 Å². The molecule has 2 atom stereocenters. The Morgan fingerprint density at radius 3 is 2.12 bits per heavy atom. The third-order valence-electron chi connectivity index (χ3n) is 7.39. The van der Waals surface area contributed by atoms with Gasteiger partial charge in [-0.2, -0.15) is 0 Å². The molecule has 41 heavy (non-hydrogen) atoms. The Bertz CT molecular complexity index is 1460. The molecule has 9 heteroatoms. The number of nitrogens with one attached hydrogen (secondary N) is 1. The minimum atomic E-state index is -4.12. The van der Waals surface area contributed by atoms with Crippen molar-refractivity contribution in [2.75, 3.05) is 10.8 Å². The average Bonchev–Trinajstić information content (AvgIpc) is 2.94. The third kappa shape index (κ3) is 7.89. The van der Waals surface area contributed by atoms with Gasteiger partial charge in [-0.15, -0.1) is 0 Å². The Hall–Kier alpha value is -3.36. The summed E-state index contributed by atoms with van der Waals surface area (Å²) < 4.78 is 29.3. The number of nitrogens with zero attached hydrogens (tertiary/aromatic N) is 2. The van der Waals surface area contributed by atoms with Crippen LogP contribution < -0.4 is 9.62 Å². The van der Waals surface area contributed by atoms with Crippen molar-refractivity contribution in [2.45, 2.75) is 77.9 Å². The molecule has 220 valence electrons. The minimum Gasteiger partial charge on any atom is -0.352 e. The molecule has 3 rings (SSSR count). The molecule has 0 aliphatic carbocycles. The molecule has 0 aromatic heterocycles. The van der Waals surface area contributed by atoms with Gasteiger partial charge < -0.3 is 10.2 Å². The number of halogens is 1. The van der Waals surface area contributed by atoms with Crippen molar-refractivity contribution < 1.29 is 18.0 Å². The molecule has 0 bridgehead atoms. The van der Waals surface area contributed by atoms with Crippen molar-refractivity contribution >= 4 is 39.1 Å². The number of hydrogen-bond donors (Lipinski definition) is 1. The van der Waals surface area contributed by atoms with Gasteiger partial charge in [-0.1, -0.05) is 67.4 Å². The first-order chi connectivity index (χ1) is 19.4. The summed E-state index contributed by atoms with van der Waals surface area (Å²) in [5, 5.41) is 3.54. The van der Waals surface area contributed by atoms with Gasteiger partial charge in [0, 0.05) is 17.6 Å².